The highest BCUT2D eigenvalue weighted by Gasteiger charge is 2.44. The summed E-state index contributed by atoms with van der Waals surface area (Å²) in [5, 5.41) is 5.83. The van der Waals surface area contributed by atoms with Crippen molar-refractivity contribution in [2.24, 2.45) is 0 Å². The van der Waals surface area contributed by atoms with E-state index in [2.05, 4.69) is 10.6 Å². The Morgan fingerprint density at radius 3 is 2.60 bits per heavy atom. The van der Waals surface area contributed by atoms with Gasteiger partial charge in [0.2, 0.25) is 5.91 Å². The maximum absolute atomic E-state index is 13.1. The first-order chi connectivity index (χ1) is 12.1. The minimum atomic E-state index is -0.246. The molecule has 4 nitrogen and oxygen atoms in total. The zero-order valence-corrected chi connectivity index (χ0v) is 13.8. The number of carbonyl (C=O) groups is 2. The summed E-state index contributed by atoms with van der Waals surface area (Å²) >= 11 is 0. The number of halogens is 1. The lowest BCUT2D eigenvalue weighted by Crippen LogP contribution is -2.32. The van der Waals surface area contributed by atoms with E-state index in [1.165, 1.54) is 12.1 Å². The number of hydrogen-bond donors (Lipinski definition) is 2. The minimum absolute atomic E-state index is 0.0136. The van der Waals surface area contributed by atoms with Crippen LogP contribution in [0.25, 0.3) is 0 Å². The smallest absolute Gasteiger partial charge is 0.251 e. The van der Waals surface area contributed by atoms with Crippen LogP contribution in [0.3, 0.4) is 0 Å². The average molecular weight is 338 g/mol. The molecule has 0 unspecified atom stereocenters. The molecule has 2 aliphatic rings. The van der Waals surface area contributed by atoms with Gasteiger partial charge in [0, 0.05) is 29.6 Å². The van der Waals surface area contributed by atoms with Gasteiger partial charge < -0.3 is 10.6 Å². The number of amides is 2. The number of nitrogens with one attached hydrogen (secondary N) is 2. The molecule has 5 heteroatoms. The minimum Gasteiger partial charge on any atom is -0.351 e. The predicted molar refractivity (Wildman–Crippen MR) is 93.0 cm³/mol. The van der Waals surface area contributed by atoms with E-state index < -0.39 is 0 Å². The van der Waals surface area contributed by atoms with Crippen LogP contribution in [0.5, 0.6) is 0 Å². The number of hydrogen-bond acceptors (Lipinski definition) is 2. The summed E-state index contributed by atoms with van der Waals surface area (Å²) in [6, 6.07) is 11.9. The molecule has 2 aromatic rings. The van der Waals surface area contributed by atoms with Crippen LogP contribution in [0.2, 0.25) is 0 Å². The zero-order valence-electron chi connectivity index (χ0n) is 13.8. The van der Waals surface area contributed by atoms with Gasteiger partial charge in [0.25, 0.3) is 5.91 Å². The van der Waals surface area contributed by atoms with Gasteiger partial charge in [0.05, 0.1) is 0 Å². The van der Waals surface area contributed by atoms with E-state index >= 15 is 0 Å². The summed E-state index contributed by atoms with van der Waals surface area (Å²) in [7, 11) is 0. The summed E-state index contributed by atoms with van der Waals surface area (Å²) in [5.74, 6) is -0.350. The molecule has 2 N–H and O–H groups in total. The van der Waals surface area contributed by atoms with E-state index in [0.717, 1.165) is 29.7 Å². The first kappa shape index (κ1) is 15.8. The van der Waals surface area contributed by atoms with Crippen LogP contribution in [0.4, 0.5) is 10.1 Å². The first-order valence-corrected chi connectivity index (χ1v) is 8.53. The molecular formula is C20H19FN2O2. The van der Waals surface area contributed by atoms with Crippen LogP contribution in [-0.4, -0.2) is 18.4 Å². The highest BCUT2D eigenvalue weighted by atomic mass is 19.1. The van der Waals surface area contributed by atoms with E-state index in [-0.39, 0.29) is 23.0 Å². The largest absolute Gasteiger partial charge is 0.351 e. The first-order valence-electron chi connectivity index (χ1n) is 8.53. The van der Waals surface area contributed by atoms with E-state index in [1.54, 1.807) is 24.3 Å². The molecule has 1 aliphatic carbocycles. The van der Waals surface area contributed by atoms with Crippen molar-refractivity contribution in [1.29, 1.82) is 0 Å². The summed E-state index contributed by atoms with van der Waals surface area (Å²) in [4.78, 5) is 23.9. The standard InChI is InChI=1S/C20H19FN2O2/c21-16-5-3-15(4-6-16)20(9-10-20)12-22-19(25)14-1-7-17-13(11-14)2-8-18(24)23-17/h1,3-7,11H,2,8-10,12H2,(H,22,25)(H,23,24). The zero-order chi connectivity index (χ0) is 17.4. The highest BCUT2D eigenvalue weighted by Crippen LogP contribution is 2.47. The van der Waals surface area contributed by atoms with Crippen LogP contribution in [0.15, 0.2) is 42.5 Å². The Labute approximate surface area is 145 Å². The van der Waals surface area contributed by atoms with Crippen LogP contribution in [0.1, 0.15) is 40.7 Å². The Hall–Kier alpha value is -2.69. The van der Waals surface area contributed by atoms with E-state index in [9.17, 15) is 14.0 Å². The van der Waals surface area contributed by atoms with Gasteiger partial charge in [-0.05, 0) is 60.7 Å². The van der Waals surface area contributed by atoms with Crippen LogP contribution >= 0.6 is 0 Å². The predicted octanol–water partition coefficient (Wildman–Crippen LogP) is 3.17. The molecule has 2 amide bonds. The Bertz CT molecular complexity index is 841. The normalized spacial score (nSPS) is 17.4. The number of fused-ring (bicyclic) bond motifs is 1. The fourth-order valence-corrected chi connectivity index (χ4v) is 3.40. The third kappa shape index (κ3) is 3.14. The summed E-state index contributed by atoms with van der Waals surface area (Å²) < 4.78 is 13.1. The number of anilines is 1. The van der Waals surface area contributed by atoms with Gasteiger partial charge in [-0.2, -0.15) is 0 Å². The second-order valence-electron chi connectivity index (χ2n) is 6.89. The number of benzene rings is 2. The van der Waals surface area contributed by atoms with Gasteiger partial charge >= 0.3 is 0 Å². The SMILES string of the molecule is O=C1CCc2cc(C(=O)NCC3(c4ccc(F)cc4)CC3)ccc2N1. The molecule has 128 valence electrons. The maximum atomic E-state index is 13.1. The molecule has 25 heavy (non-hydrogen) atoms. The lowest BCUT2D eigenvalue weighted by Gasteiger charge is -2.19. The molecule has 1 fully saturated rings. The fourth-order valence-electron chi connectivity index (χ4n) is 3.40. The van der Waals surface area contributed by atoms with Gasteiger partial charge in [-0.3, -0.25) is 9.59 Å². The summed E-state index contributed by atoms with van der Waals surface area (Å²) in [6.45, 7) is 0.547. The van der Waals surface area contributed by atoms with Gasteiger partial charge in [-0.1, -0.05) is 12.1 Å². The Morgan fingerprint density at radius 2 is 1.88 bits per heavy atom. The van der Waals surface area contributed by atoms with Gasteiger partial charge in [0.15, 0.2) is 0 Å². The molecule has 1 heterocycles. The maximum Gasteiger partial charge on any atom is 0.251 e. The van der Waals surface area contributed by atoms with Crippen molar-refractivity contribution in [2.45, 2.75) is 31.1 Å². The molecule has 0 spiro atoms. The third-order valence-corrected chi connectivity index (χ3v) is 5.16. The lowest BCUT2D eigenvalue weighted by molar-refractivity contribution is -0.116. The Morgan fingerprint density at radius 1 is 1.12 bits per heavy atom. The van der Waals surface area contributed by atoms with Crippen LogP contribution in [0, 0.1) is 5.82 Å². The molecule has 1 saturated carbocycles. The van der Waals surface area contributed by atoms with Crippen LogP contribution < -0.4 is 10.6 Å². The number of carbonyl (C=O) groups excluding carboxylic acids is 2. The molecule has 0 radical (unpaired) electrons. The number of aryl methyl sites for hydroxylation is 1. The van der Waals surface area contributed by atoms with Gasteiger partial charge in [0.1, 0.15) is 5.82 Å². The molecule has 0 aromatic heterocycles. The molecule has 0 bridgehead atoms. The topological polar surface area (TPSA) is 58.2 Å². The van der Waals surface area contributed by atoms with E-state index in [1.807, 2.05) is 6.07 Å². The average Bonchev–Trinajstić information content (AvgIpc) is 3.41. The highest BCUT2D eigenvalue weighted by molar-refractivity contribution is 5.98. The Kier molecular flexibility index (Phi) is 3.79. The van der Waals surface area contributed by atoms with Crippen molar-refractivity contribution in [3.05, 3.63) is 65.0 Å². The van der Waals surface area contributed by atoms with Crippen molar-refractivity contribution < 1.29 is 14.0 Å². The monoisotopic (exact) mass is 338 g/mol. The van der Waals surface area contributed by atoms with Crippen molar-refractivity contribution in [1.82, 2.24) is 5.32 Å². The van der Waals surface area contributed by atoms with Crippen molar-refractivity contribution >= 4 is 17.5 Å². The quantitative estimate of drug-likeness (QED) is 0.900. The van der Waals surface area contributed by atoms with Crippen LogP contribution in [-0.2, 0) is 16.6 Å². The second kappa shape index (κ2) is 5.99. The molecular weight excluding hydrogens is 319 g/mol. The molecule has 0 atom stereocenters. The summed E-state index contributed by atoms with van der Waals surface area (Å²) in [5.41, 5.74) is 3.39. The molecule has 1 aliphatic heterocycles. The molecule has 0 saturated heterocycles. The third-order valence-electron chi connectivity index (χ3n) is 5.16. The molecule has 4 rings (SSSR count). The van der Waals surface area contributed by atoms with E-state index in [4.69, 9.17) is 0 Å². The van der Waals surface area contributed by atoms with Crippen molar-refractivity contribution in [2.75, 3.05) is 11.9 Å². The van der Waals surface area contributed by atoms with Gasteiger partial charge in [-0.25, -0.2) is 4.39 Å². The van der Waals surface area contributed by atoms with E-state index in [0.29, 0.717) is 24.9 Å². The van der Waals surface area contributed by atoms with Crippen molar-refractivity contribution in [3.8, 4) is 0 Å². The number of rotatable bonds is 4. The Balaban J connectivity index is 1.44. The lowest BCUT2D eigenvalue weighted by atomic mass is 9.95. The summed E-state index contributed by atoms with van der Waals surface area (Å²) in [6.07, 6.45) is 3.10. The molecule has 2 aromatic carbocycles. The van der Waals surface area contributed by atoms with Crippen molar-refractivity contribution in [3.63, 3.8) is 0 Å². The van der Waals surface area contributed by atoms with Gasteiger partial charge in [-0.15, -0.1) is 0 Å². The fraction of sp³-hybridized carbons (Fsp3) is 0.300. The second-order valence-corrected chi connectivity index (χ2v) is 6.89.